The van der Waals surface area contributed by atoms with Crippen molar-refractivity contribution in [2.75, 3.05) is 6.61 Å². The molecule has 1 nitrogen and oxygen atoms in total. The van der Waals surface area contributed by atoms with E-state index in [-0.39, 0.29) is 11.2 Å². The number of allylic oxidation sites excluding steroid dienone is 2. The molecule has 1 unspecified atom stereocenters. The molecule has 3 rings (SSSR count). The molecule has 0 saturated heterocycles. The smallest absolute Gasteiger partial charge is 0.123 e. The molecule has 84 valence electrons. The molecule has 16 heavy (non-hydrogen) atoms. The highest BCUT2D eigenvalue weighted by Crippen LogP contribution is 2.52. The van der Waals surface area contributed by atoms with E-state index in [1.54, 1.807) is 12.1 Å². The van der Waals surface area contributed by atoms with Gasteiger partial charge in [0.25, 0.3) is 0 Å². The monoisotopic (exact) mass is 218 g/mol. The van der Waals surface area contributed by atoms with Gasteiger partial charge < -0.3 is 4.74 Å². The van der Waals surface area contributed by atoms with E-state index in [1.165, 1.54) is 17.2 Å². The molecule has 2 heteroatoms. The highest BCUT2D eigenvalue weighted by molar-refractivity contribution is 5.53. The molecule has 0 fully saturated rings. The Bertz CT molecular complexity index is 490. The SMILES string of the molecule is CC1=C(C2(C)CCOc3ccc(F)cc32)C1. The number of halogens is 1. The summed E-state index contributed by atoms with van der Waals surface area (Å²) in [7, 11) is 0. The van der Waals surface area contributed by atoms with Crippen molar-refractivity contribution in [2.24, 2.45) is 0 Å². The fraction of sp³-hybridized carbons (Fsp3) is 0.429. The highest BCUT2D eigenvalue weighted by Gasteiger charge is 2.42. The molecule has 1 aromatic rings. The summed E-state index contributed by atoms with van der Waals surface area (Å²) in [6.07, 6.45) is 2.06. The average molecular weight is 218 g/mol. The van der Waals surface area contributed by atoms with Crippen LogP contribution in [0.25, 0.3) is 0 Å². The summed E-state index contributed by atoms with van der Waals surface area (Å²) >= 11 is 0. The Hall–Kier alpha value is -1.31. The standard InChI is InChI=1S/C14H15FO/c1-9-7-11(9)14(2)5-6-16-13-4-3-10(15)8-12(13)14/h3-4,8H,5-7H2,1-2H3. The van der Waals surface area contributed by atoms with Gasteiger partial charge in [0.05, 0.1) is 6.61 Å². The summed E-state index contributed by atoms with van der Waals surface area (Å²) < 4.78 is 18.9. The maximum atomic E-state index is 13.3. The Morgan fingerprint density at radius 1 is 1.38 bits per heavy atom. The molecular weight excluding hydrogens is 203 g/mol. The third kappa shape index (κ3) is 1.29. The quantitative estimate of drug-likeness (QED) is 0.654. The number of hydrogen-bond acceptors (Lipinski definition) is 1. The van der Waals surface area contributed by atoms with Crippen molar-refractivity contribution in [1.82, 2.24) is 0 Å². The summed E-state index contributed by atoms with van der Waals surface area (Å²) in [5.74, 6) is 0.678. The Labute approximate surface area is 94.9 Å². The molecule has 0 N–H and O–H groups in total. The van der Waals surface area contributed by atoms with E-state index in [2.05, 4.69) is 13.8 Å². The van der Waals surface area contributed by atoms with Gasteiger partial charge in [-0.15, -0.1) is 0 Å². The lowest BCUT2D eigenvalue weighted by atomic mass is 9.75. The second kappa shape index (κ2) is 3.09. The minimum absolute atomic E-state index is 0.000231. The summed E-state index contributed by atoms with van der Waals surface area (Å²) in [6, 6.07) is 4.85. The van der Waals surface area contributed by atoms with Crippen LogP contribution in [0.2, 0.25) is 0 Å². The van der Waals surface area contributed by atoms with Crippen LogP contribution < -0.4 is 4.74 Å². The Kier molecular flexibility index (Phi) is 1.91. The molecule has 1 aromatic carbocycles. The molecule has 0 spiro atoms. The van der Waals surface area contributed by atoms with Crippen LogP contribution in [0.4, 0.5) is 4.39 Å². The molecule has 0 saturated carbocycles. The van der Waals surface area contributed by atoms with Crippen molar-refractivity contribution in [2.45, 2.75) is 32.1 Å². The van der Waals surface area contributed by atoms with Gasteiger partial charge in [0.15, 0.2) is 0 Å². The number of hydrogen-bond donors (Lipinski definition) is 0. The fourth-order valence-corrected chi connectivity index (χ4v) is 2.76. The second-order valence-electron chi connectivity index (χ2n) is 5.01. The van der Waals surface area contributed by atoms with Crippen molar-refractivity contribution in [3.63, 3.8) is 0 Å². The van der Waals surface area contributed by atoms with Crippen LogP contribution in [0.3, 0.4) is 0 Å². The molecule has 1 aliphatic heterocycles. The van der Waals surface area contributed by atoms with Crippen molar-refractivity contribution < 1.29 is 9.13 Å². The molecule has 0 radical (unpaired) electrons. The van der Waals surface area contributed by atoms with Gasteiger partial charge in [-0.2, -0.15) is 0 Å². The Morgan fingerprint density at radius 2 is 2.12 bits per heavy atom. The van der Waals surface area contributed by atoms with Crippen LogP contribution in [0.1, 0.15) is 32.3 Å². The molecule has 1 atom stereocenters. The molecule has 0 aromatic heterocycles. The number of benzene rings is 1. The normalized spacial score (nSPS) is 27.4. The lowest BCUT2D eigenvalue weighted by Crippen LogP contribution is -2.29. The van der Waals surface area contributed by atoms with Gasteiger partial charge in [-0.05, 0) is 38.0 Å². The van der Waals surface area contributed by atoms with E-state index in [0.29, 0.717) is 0 Å². The van der Waals surface area contributed by atoms with E-state index in [4.69, 9.17) is 4.74 Å². The van der Waals surface area contributed by atoms with Crippen LogP contribution in [0.15, 0.2) is 29.3 Å². The van der Waals surface area contributed by atoms with Crippen LogP contribution >= 0.6 is 0 Å². The summed E-state index contributed by atoms with van der Waals surface area (Å²) in [5.41, 5.74) is 3.95. The van der Waals surface area contributed by atoms with Gasteiger partial charge in [0.2, 0.25) is 0 Å². The fourth-order valence-electron chi connectivity index (χ4n) is 2.76. The zero-order valence-electron chi connectivity index (χ0n) is 9.64. The minimum atomic E-state index is -0.172. The lowest BCUT2D eigenvalue weighted by Gasteiger charge is -2.34. The molecule has 1 heterocycles. The maximum absolute atomic E-state index is 13.3. The summed E-state index contributed by atoms with van der Waals surface area (Å²) in [4.78, 5) is 0. The van der Waals surface area contributed by atoms with Gasteiger partial charge in [0.1, 0.15) is 11.6 Å². The topological polar surface area (TPSA) is 9.23 Å². The van der Waals surface area contributed by atoms with Crippen molar-refractivity contribution in [3.8, 4) is 5.75 Å². The predicted octanol–water partition coefficient (Wildman–Crippen LogP) is 3.59. The first-order chi connectivity index (χ1) is 7.61. The molecule has 1 aliphatic carbocycles. The average Bonchev–Trinajstić information content (AvgIpc) is 2.98. The summed E-state index contributed by atoms with van der Waals surface area (Å²) in [5, 5.41) is 0. The van der Waals surface area contributed by atoms with Crippen molar-refractivity contribution >= 4 is 0 Å². The van der Waals surface area contributed by atoms with Gasteiger partial charge in [-0.1, -0.05) is 18.1 Å². The van der Waals surface area contributed by atoms with Crippen LogP contribution in [0, 0.1) is 5.82 Å². The predicted molar refractivity (Wildman–Crippen MR) is 61.2 cm³/mol. The second-order valence-corrected chi connectivity index (χ2v) is 5.01. The van der Waals surface area contributed by atoms with E-state index < -0.39 is 0 Å². The highest BCUT2D eigenvalue weighted by atomic mass is 19.1. The van der Waals surface area contributed by atoms with E-state index >= 15 is 0 Å². The van der Waals surface area contributed by atoms with E-state index in [9.17, 15) is 4.39 Å². The minimum Gasteiger partial charge on any atom is -0.493 e. The number of ether oxygens (including phenoxy) is 1. The van der Waals surface area contributed by atoms with Crippen molar-refractivity contribution in [3.05, 3.63) is 40.7 Å². The zero-order valence-corrected chi connectivity index (χ0v) is 9.64. The first-order valence-corrected chi connectivity index (χ1v) is 5.73. The first-order valence-electron chi connectivity index (χ1n) is 5.73. The van der Waals surface area contributed by atoms with Crippen molar-refractivity contribution in [1.29, 1.82) is 0 Å². The lowest BCUT2D eigenvalue weighted by molar-refractivity contribution is 0.242. The molecule has 2 aliphatic rings. The van der Waals surface area contributed by atoms with Crippen LogP contribution in [-0.4, -0.2) is 6.61 Å². The first kappa shape index (κ1) is 9.88. The van der Waals surface area contributed by atoms with Gasteiger partial charge >= 0.3 is 0 Å². The van der Waals surface area contributed by atoms with Crippen LogP contribution in [0.5, 0.6) is 5.75 Å². The Morgan fingerprint density at radius 3 is 2.81 bits per heavy atom. The van der Waals surface area contributed by atoms with Gasteiger partial charge in [-0.25, -0.2) is 4.39 Å². The summed E-state index contributed by atoms with van der Waals surface area (Å²) in [6.45, 7) is 5.10. The van der Waals surface area contributed by atoms with Gasteiger partial charge in [0, 0.05) is 11.0 Å². The number of rotatable bonds is 1. The van der Waals surface area contributed by atoms with Crippen LogP contribution in [-0.2, 0) is 5.41 Å². The van der Waals surface area contributed by atoms with E-state index in [0.717, 1.165) is 30.8 Å². The number of fused-ring (bicyclic) bond motifs is 1. The molecule has 0 bridgehead atoms. The largest absolute Gasteiger partial charge is 0.493 e. The molecule has 0 amide bonds. The maximum Gasteiger partial charge on any atom is 0.123 e. The van der Waals surface area contributed by atoms with E-state index in [1.807, 2.05) is 0 Å². The molecular formula is C14H15FO. The zero-order chi connectivity index (χ0) is 11.3. The third-order valence-corrected chi connectivity index (χ3v) is 3.89. The third-order valence-electron chi connectivity index (χ3n) is 3.89. The van der Waals surface area contributed by atoms with Gasteiger partial charge in [-0.3, -0.25) is 0 Å². The Balaban J connectivity index is 2.15.